The fraction of sp³-hybridized carbons (Fsp3) is 0.733. The number of guanidine groups is 1. The van der Waals surface area contributed by atoms with E-state index in [9.17, 15) is 8.42 Å². The van der Waals surface area contributed by atoms with Gasteiger partial charge in [0.1, 0.15) is 0 Å². The van der Waals surface area contributed by atoms with E-state index >= 15 is 0 Å². The Balaban J connectivity index is 1.69. The molecule has 0 spiro atoms. The summed E-state index contributed by atoms with van der Waals surface area (Å²) >= 11 is 1.69. The van der Waals surface area contributed by atoms with Gasteiger partial charge in [0.15, 0.2) is 15.8 Å². The summed E-state index contributed by atoms with van der Waals surface area (Å²) < 4.78 is 23.2. The second-order valence-corrected chi connectivity index (χ2v) is 9.79. The molecule has 3 rings (SSSR count). The van der Waals surface area contributed by atoms with Crippen molar-refractivity contribution in [2.45, 2.75) is 39.3 Å². The molecular weight excluding hydrogens is 332 g/mol. The summed E-state index contributed by atoms with van der Waals surface area (Å²) in [6.45, 7) is 6.51. The fourth-order valence-corrected chi connectivity index (χ4v) is 5.70. The molecule has 1 aromatic rings. The minimum Gasteiger partial charge on any atom is -0.354 e. The fourth-order valence-electron chi connectivity index (χ4n) is 3.03. The molecule has 1 aromatic heterocycles. The molecule has 1 unspecified atom stereocenters. The first-order chi connectivity index (χ1) is 10.9. The van der Waals surface area contributed by atoms with Crippen molar-refractivity contribution in [1.82, 2.24) is 15.2 Å². The van der Waals surface area contributed by atoms with Crippen LogP contribution in [0.3, 0.4) is 0 Å². The van der Waals surface area contributed by atoms with Gasteiger partial charge in [0.05, 0.1) is 29.3 Å². The summed E-state index contributed by atoms with van der Waals surface area (Å²) in [6.07, 6.45) is 1.68. The Morgan fingerprint density at radius 2 is 2.39 bits per heavy atom. The van der Waals surface area contributed by atoms with Crippen molar-refractivity contribution >= 4 is 27.1 Å². The van der Waals surface area contributed by atoms with Gasteiger partial charge in [-0.3, -0.25) is 4.99 Å². The van der Waals surface area contributed by atoms with Gasteiger partial charge >= 0.3 is 0 Å². The molecule has 1 atom stereocenters. The van der Waals surface area contributed by atoms with E-state index < -0.39 is 9.84 Å². The van der Waals surface area contributed by atoms with Crippen molar-refractivity contribution in [3.8, 4) is 0 Å². The van der Waals surface area contributed by atoms with Crippen LogP contribution < -0.4 is 5.32 Å². The van der Waals surface area contributed by atoms with Crippen molar-refractivity contribution in [1.29, 1.82) is 0 Å². The zero-order chi connectivity index (χ0) is 16.4. The third-order valence-corrected chi connectivity index (χ3v) is 6.92. The number of aliphatic imine (C=N–C) groups is 1. The molecule has 0 amide bonds. The molecule has 6 nitrogen and oxygen atoms in total. The molecule has 2 aliphatic heterocycles. The quantitative estimate of drug-likeness (QED) is 0.652. The van der Waals surface area contributed by atoms with E-state index in [-0.39, 0.29) is 11.7 Å². The van der Waals surface area contributed by atoms with Crippen LogP contribution in [-0.4, -0.2) is 54.9 Å². The summed E-state index contributed by atoms with van der Waals surface area (Å²) in [6, 6.07) is 0.295. The van der Waals surface area contributed by atoms with Crippen molar-refractivity contribution < 1.29 is 8.42 Å². The van der Waals surface area contributed by atoms with Gasteiger partial charge in [-0.05, 0) is 26.2 Å². The SMILES string of the molecule is CC(C)NC(=NCC1CCS(=O)(=O)C1)N1CCc2ncsc2C1. The average molecular weight is 357 g/mol. The molecule has 1 fully saturated rings. The Bertz CT molecular complexity index is 681. The number of nitrogens with one attached hydrogen (secondary N) is 1. The van der Waals surface area contributed by atoms with Crippen molar-refractivity contribution in [2.75, 3.05) is 24.6 Å². The normalized spacial score (nSPS) is 24.0. The predicted octanol–water partition coefficient (Wildman–Crippen LogP) is 1.29. The summed E-state index contributed by atoms with van der Waals surface area (Å²) in [5.41, 5.74) is 3.11. The number of rotatable bonds is 3. The second kappa shape index (κ2) is 6.76. The van der Waals surface area contributed by atoms with Gasteiger partial charge in [-0.2, -0.15) is 0 Å². The molecule has 0 radical (unpaired) electrons. The molecule has 8 heteroatoms. The Kier molecular flexibility index (Phi) is 4.91. The second-order valence-electron chi connectivity index (χ2n) is 6.63. The summed E-state index contributed by atoms with van der Waals surface area (Å²) in [5.74, 6) is 1.65. The first-order valence-electron chi connectivity index (χ1n) is 8.10. The molecular formula is C15H24N4O2S2. The van der Waals surface area contributed by atoms with Crippen molar-refractivity contribution in [3.63, 3.8) is 0 Å². The van der Waals surface area contributed by atoms with Crippen LogP contribution in [0.25, 0.3) is 0 Å². The summed E-state index contributed by atoms with van der Waals surface area (Å²) in [4.78, 5) is 12.7. The highest BCUT2D eigenvalue weighted by atomic mass is 32.2. The van der Waals surface area contributed by atoms with E-state index in [1.165, 1.54) is 10.6 Å². The van der Waals surface area contributed by atoms with Crippen LogP contribution in [0.15, 0.2) is 10.5 Å². The minimum absolute atomic E-state index is 0.160. The maximum atomic E-state index is 11.6. The van der Waals surface area contributed by atoms with E-state index in [1.54, 1.807) is 11.3 Å². The number of thiazole rings is 1. The number of nitrogens with zero attached hydrogens (tertiary/aromatic N) is 3. The maximum absolute atomic E-state index is 11.6. The average Bonchev–Trinajstić information content (AvgIpc) is 3.08. The molecule has 0 saturated carbocycles. The molecule has 128 valence electrons. The zero-order valence-corrected chi connectivity index (χ0v) is 15.3. The van der Waals surface area contributed by atoms with E-state index in [0.29, 0.717) is 18.3 Å². The van der Waals surface area contributed by atoms with Crippen LogP contribution in [0.2, 0.25) is 0 Å². The van der Waals surface area contributed by atoms with E-state index in [4.69, 9.17) is 4.99 Å². The highest BCUT2D eigenvalue weighted by Gasteiger charge is 2.28. The van der Waals surface area contributed by atoms with Crippen LogP contribution >= 0.6 is 11.3 Å². The Hall–Kier alpha value is -1.15. The highest BCUT2D eigenvalue weighted by molar-refractivity contribution is 7.91. The van der Waals surface area contributed by atoms with Gasteiger partial charge in [0.2, 0.25) is 0 Å². The predicted molar refractivity (Wildman–Crippen MR) is 93.6 cm³/mol. The number of hydrogen-bond acceptors (Lipinski definition) is 5. The molecule has 0 bridgehead atoms. The molecule has 0 aromatic carbocycles. The van der Waals surface area contributed by atoms with Gasteiger partial charge < -0.3 is 10.2 Å². The number of aromatic nitrogens is 1. The van der Waals surface area contributed by atoms with Crippen LogP contribution in [0.1, 0.15) is 30.8 Å². The molecule has 1 saturated heterocycles. The summed E-state index contributed by atoms with van der Waals surface area (Å²) in [5, 5.41) is 3.43. The third kappa shape index (κ3) is 4.23. The van der Waals surface area contributed by atoms with E-state index in [2.05, 4.69) is 29.0 Å². The van der Waals surface area contributed by atoms with Gasteiger partial charge in [-0.1, -0.05) is 0 Å². The number of hydrogen-bond donors (Lipinski definition) is 1. The van der Waals surface area contributed by atoms with Gasteiger partial charge in [-0.15, -0.1) is 11.3 Å². The number of sulfone groups is 1. The first-order valence-corrected chi connectivity index (χ1v) is 10.8. The Labute approximate surface area is 141 Å². The first kappa shape index (κ1) is 16.7. The van der Waals surface area contributed by atoms with Gasteiger partial charge in [0, 0.05) is 30.4 Å². The lowest BCUT2D eigenvalue weighted by molar-refractivity contribution is 0.374. The lowest BCUT2D eigenvalue weighted by Gasteiger charge is -2.31. The van der Waals surface area contributed by atoms with E-state index in [1.807, 2.05) is 5.51 Å². The highest BCUT2D eigenvalue weighted by Crippen LogP contribution is 2.22. The molecule has 3 heterocycles. The Morgan fingerprint density at radius 3 is 3.09 bits per heavy atom. The van der Waals surface area contributed by atoms with Crippen molar-refractivity contribution in [3.05, 3.63) is 16.1 Å². The lowest BCUT2D eigenvalue weighted by atomic mass is 10.1. The molecule has 23 heavy (non-hydrogen) atoms. The lowest BCUT2D eigenvalue weighted by Crippen LogP contribution is -2.46. The van der Waals surface area contributed by atoms with Crippen molar-refractivity contribution in [2.24, 2.45) is 10.9 Å². The topological polar surface area (TPSA) is 74.7 Å². The zero-order valence-electron chi connectivity index (χ0n) is 13.7. The maximum Gasteiger partial charge on any atom is 0.194 e. The summed E-state index contributed by atoms with van der Waals surface area (Å²) in [7, 11) is -2.83. The third-order valence-electron chi connectivity index (χ3n) is 4.22. The number of fused-ring (bicyclic) bond motifs is 1. The molecule has 2 aliphatic rings. The van der Waals surface area contributed by atoms with Gasteiger partial charge in [-0.25, -0.2) is 13.4 Å². The smallest absolute Gasteiger partial charge is 0.194 e. The van der Waals surface area contributed by atoms with Gasteiger partial charge in [0.25, 0.3) is 0 Å². The van der Waals surface area contributed by atoms with Crippen LogP contribution in [0, 0.1) is 5.92 Å². The Morgan fingerprint density at radius 1 is 1.57 bits per heavy atom. The largest absolute Gasteiger partial charge is 0.354 e. The van der Waals surface area contributed by atoms with E-state index in [0.717, 1.165) is 31.9 Å². The van der Waals surface area contributed by atoms with Crippen LogP contribution in [0.4, 0.5) is 0 Å². The monoisotopic (exact) mass is 356 g/mol. The molecule has 0 aliphatic carbocycles. The van der Waals surface area contributed by atoms with Crippen LogP contribution in [-0.2, 0) is 22.8 Å². The van der Waals surface area contributed by atoms with Crippen LogP contribution in [0.5, 0.6) is 0 Å². The standard InChI is InChI=1S/C15H24N4O2S2/c1-11(2)18-15(16-7-12-4-6-23(20,21)9-12)19-5-3-13-14(8-19)22-10-17-13/h10-12H,3-9H2,1-2H3,(H,16,18). The molecule has 1 N–H and O–H groups in total. The minimum atomic E-state index is -2.83.